The van der Waals surface area contributed by atoms with Crippen LogP contribution in [0.25, 0.3) is 0 Å². The Morgan fingerprint density at radius 3 is 2.50 bits per heavy atom. The number of aromatic nitrogens is 3. The van der Waals surface area contributed by atoms with Crippen LogP contribution in [0.4, 0.5) is 5.69 Å². The molecule has 2 aromatic rings. The molecule has 0 radical (unpaired) electrons. The predicted octanol–water partition coefficient (Wildman–Crippen LogP) is 2.16. The molecule has 6 nitrogen and oxygen atoms in total. The Kier molecular flexibility index (Phi) is 4.66. The number of hydrogen-bond donors (Lipinski definition) is 1. The molecule has 1 heterocycles. The lowest BCUT2D eigenvalue weighted by atomic mass is 10.2. The van der Waals surface area contributed by atoms with Gasteiger partial charge in [-0.2, -0.15) is 8.42 Å². The number of aryl methyl sites for hydroxylation is 2. The molecule has 1 aromatic heterocycles. The van der Waals surface area contributed by atoms with Crippen molar-refractivity contribution in [2.75, 3.05) is 10.6 Å². The summed E-state index contributed by atoms with van der Waals surface area (Å²) in [5, 5.41) is 7.28. The van der Waals surface area contributed by atoms with E-state index in [2.05, 4.69) is 31.0 Å². The average Bonchev–Trinajstić information content (AvgIpc) is 2.72. The molecule has 0 saturated carbocycles. The second-order valence-electron chi connectivity index (χ2n) is 4.05. The van der Waals surface area contributed by atoms with E-state index in [-0.39, 0.29) is 9.63 Å². The van der Waals surface area contributed by atoms with Crippen LogP contribution in [0.3, 0.4) is 0 Å². The Morgan fingerprint density at radius 1 is 1.35 bits per heavy atom. The fourth-order valence-corrected chi connectivity index (χ4v) is 4.04. The first-order valence-electron chi connectivity index (χ1n) is 5.67. The number of halogens is 2. The maximum Gasteiger partial charge on any atom is 0.281 e. The number of alkyl halides is 1. The van der Waals surface area contributed by atoms with Gasteiger partial charge in [-0.25, -0.2) is 4.68 Å². The molecule has 0 fully saturated rings. The predicted molar refractivity (Wildman–Crippen MR) is 80.4 cm³/mol. The van der Waals surface area contributed by atoms with Crippen LogP contribution in [0.15, 0.2) is 33.9 Å². The zero-order chi connectivity index (χ0) is 14.8. The van der Waals surface area contributed by atoms with Gasteiger partial charge in [-0.05, 0) is 40.0 Å². The van der Waals surface area contributed by atoms with Gasteiger partial charge in [-0.1, -0.05) is 17.3 Å². The monoisotopic (exact) mass is 378 g/mol. The molecule has 0 bridgehead atoms. The highest BCUT2D eigenvalue weighted by atomic mass is 79.9. The summed E-state index contributed by atoms with van der Waals surface area (Å²) in [6.45, 7) is 0. The summed E-state index contributed by atoms with van der Waals surface area (Å²) in [5.74, 6) is 0.526. The van der Waals surface area contributed by atoms with Gasteiger partial charge in [-0.15, -0.1) is 16.7 Å². The van der Waals surface area contributed by atoms with Crippen LogP contribution in [0.5, 0.6) is 0 Å². The van der Waals surface area contributed by atoms with Crippen molar-refractivity contribution < 1.29 is 8.42 Å². The number of anilines is 1. The van der Waals surface area contributed by atoms with E-state index in [1.54, 1.807) is 12.1 Å². The summed E-state index contributed by atoms with van der Waals surface area (Å²) in [7, 11) is -2.23. The smallest absolute Gasteiger partial charge is 0.278 e. The highest BCUT2D eigenvalue weighted by molar-refractivity contribution is 9.10. The summed E-state index contributed by atoms with van der Waals surface area (Å²) >= 11 is 8.72. The Morgan fingerprint density at radius 2 is 2.00 bits per heavy atom. The van der Waals surface area contributed by atoms with Gasteiger partial charge < -0.3 is 0 Å². The number of rotatable bonds is 5. The standard InChI is InChI=1S/C11H12BrClN4O2S/c1-17-11(10(12)14-16-17)20(18,19)15-9-4-2-8(3-5-9)6-7-13/h2-5,15H,6-7H2,1H3. The van der Waals surface area contributed by atoms with E-state index in [1.807, 2.05) is 12.1 Å². The largest absolute Gasteiger partial charge is 0.281 e. The van der Waals surface area contributed by atoms with Crippen molar-refractivity contribution in [2.45, 2.75) is 11.4 Å². The van der Waals surface area contributed by atoms with Crippen molar-refractivity contribution in [2.24, 2.45) is 7.05 Å². The Hall–Kier alpha value is -1.12. The minimum Gasteiger partial charge on any atom is -0.278 e. The van der Waals surface area contributed by atoms with Gasteiger partial charge in [0.05, 0.1) is 0 Å². The third kappa shape index (κ3) is 3.31. The van der Waals surface area contributed by atoms with E-state index in [4.69, 9.17) is 11.6 Å². The van der Waals surface area contributed by atoms with Gasteiger partial charge in [0.1, 0.15) is 0 Å². The molecule has 0 spiro atoms. The molecule has 0 unspecified atom stereocenters. The van der Waals surface area contributed by atoms with Crippen LogP contribution in [-0.4, -0.2) is 29.3 Å². The van der Waals surface area contributed by atoms with Crippen LogP contribution in [-0.2, 0) is 23.5 Å². The van der Waals surface area contributed by atoms with E-state index in [0.29, 0.717) is 11.6 Å². The molecule has 108 valence electrons. The normalized spacial score (nSPS) is 11.6. The van der Waals surface area contributed by atoms with Crippen molar-refractivity contribution in [1.82, 2.24) is 15.0 Å². The third-order valence-electron chi connectivity index (χ3n) is 2.58. The lowest BCUT2D eigenvalue weighted by Crippen LogP contribution is -2.17. The highest BCUT2D eigenvalue weighted by Crippen LogP contribution is 2.21. The number of nitrogens with one attached hydrogen (secondary N) is 1. The van der Waals surface area contributed by atoms with Crippen LogP contribution in [0.1, 0.15) is 5.56 Å². The van der Waals surface area contributed by atoms with Crippen molar-refractivity contribution in [1.29, 1.82) is 0 Å². The van der Waals surface area contributed by atoms with Crippen molar-refractivity contribution in [3.63, 3.8) is 0 Å². The molecule has 0 atom stereocenters. The first-order chi connectivity index (χ1) is 9.44. The summed E-state index contributed by atoms with van der Waals surface area (Å²) in [4.78, 5) is 0. The fourth-order valence-electron chi connectivity index (χ4n) is 1.66. The average molecular weight is 380 g/mol. The zero-order valence-corrected chi connectivity index (χ0v) is 13.7. The molecule has 1 aromatic carbocycles. The first-order valence-corrected chi connectivity index (χ1v) is 8.48. The Balaban J connectivity index is 2.24. The van der Waals surface area contributed by atoms with Crippen LogP contribution < -0.4 is 4.72 Å². The zero-order valence-electron chi connectivity index (χ0n) is 10.5. The van der Waals surface area contributed by atoms with Gasteiger partial charge in [0, 0.05) is 18.6 Å². The van der Waals surface area contributed by atoms with Crippen LogP contribution in [0, 0.1) is 0 Å². The molecule has 20 heavy (non-hydrogen) atoms. The minimum atomic E-state index is -3.74. The summed E-state index contributed by atoms with van der Waals surface area (Å²) < 4.78 is 28.3. The maximum atomic E-state index is 12.3. The summed E-state index contributed by atoms with van der Waals surface area (Å²) in [5.41, 5.74) is 1.52. The van der Waals surface area contributed by atoms with E-state index in [0.717, 1.165) is 12.0 Å². The summed E-state index contributed by atoms with van der Waals surface area (Å²) in [6, 6.07) is 7.04. The number of hydrogen-bond acceptors (Lipinski definition) is 4. The number of nitrogens with zero attached hydrogens (tertiary/aromatic N) is 3. The molecular weight excluding hydrogens is 368 g/mol. The third-order valence-corrected chi connectivity index (χ3v) is 5.04. The van der Waals surface area contributed by atoms with Crippen molar-refractivity contribution in [3.05, 3.63) is 34.4 Å². The number of sulfonamides is 1. The molecule has 2 rings (SSSR count). The minimum absolute atomic E-state index is 0.0256. The molecular formula is C11H12BrClN4O2S. The van der Waals surface area contributed by atoms with Gasteiger partial charge in [0.15, 0.2) is 4.60 Å². The molecule has 0 aliphatic heterocycles. The van der Waals surface area contributed by atoms with E-state index < -0.39 is 10.0 Å². The molecule has 0 aliphatic carbocycles. The molecule has 1 N–H and O–H groups in total. The van der Waals surface area contributed by atoms with E-state index in [1.165, 1.54) is 11.7 Å². The Bertz CT molecular complexity index is 680. The van der Waals surface area contributed by atoms with E-state index >= 15 is 0 Å². The van der Waals surface area contributed by atoms with Gasteiger partial charge in [0.2, 0.25) is 5.03 Å². The Labute approximate surface area is 130 Å². The molecule has 0 aliphatic rings. The van der Waals surface area contributed by atoms with Crippen molar-refractivity contribution >= 4 is 43.2 Å². The molecule has 0 saturated heterocycles. The SMILES string of the molecule is Cn1nnc(Br)c1S(=O)(=O)Nc1ccc(CCCl)cc1. The molecule has 0 amide bonds. The lowest BCUT2D eigenvalue weighted by molar-refractivity contribution is 0.578. The quantitative estimate of drug-likeness (QED) is 0.808. The van der Waals surface area contributed by atoms with Crippen LogP contribution in [0.2, 0.25) is 0 Å². The number of benzene rings is 1. The van der Waals surface area contributed by atoms with E-state index in [9.17, 15) is 8.42 Å². The van der Waals surface area contributed by atoms with Gasteiger partial charge in [-0.3, -0.25) is 4.72 Å². The lowest BCUT2D eigenvalue weighted by Gasteiger charge is -2.08. The van der Waals surface area contributed by atoms with Gasteiger partial charge >= 0.3 is 0 Å². The van der Waals surface area contributed by atoms with Crippen LogP contribution >= 0.6 is 27.5 Å². The highest BCUT2D eigenvalue weighted by Gasteiger charge is 2.23. The second-order valence-corrected chi connectivity index (χ2v) is 6.78. The maximum absolute atomic E-state index is 12.3. The van der Waals surface area contributed by atoms with Crippen molar-refractivity contribution in [3.8, 4) is 0 Å². The van der Waals surface area contributed by atoms with Gasteiger partial charge in [0.25, 0.3) is 10.0 Å². The fraction of sp³-hybridized carbons (Fsp3) is 0.273. The first kappa shape index (κ1) is 15.3. The molecule has 9 heteroatoms. The second kappa shape index (κ2) is 6.11. The summed E-state index contributed by atoms with van der Waals surface area (Å²) in [6.07, 6.45) is 0.742. The topological polar surface area (TPSA) is 76.9 Å².